The number of aliphatic hydroxyl groups excluding tert-OH is 1. The maximum Gasteiger partial charge on any atom is 0.166 e. The number of rotatable bonds is 11. The Bertz CT molecular complexity index is 1210. The number of ether oxygens (including phenoxy) is 2. The molecule has 0 saturated heterocycles. The summed E-state index contributed by atoms with van der Waals surface area (Å²) in [5.41, 5.74) is 4.64. The number of benzene rings is 2. The lowest BCUT2D eigenvalue weighted by molar-refractivity contribution is -0.121. The second-order valence-corrected chi connectivity index (χ2v) is 10.2. The van der Waals surface area contributed by atoms with Gasteiger partial charge in [-0.1, -0.05) is 68.3 Å². The first-order chi connectivity index (χ1) is 18.5. The Kier molecular flexibility index (Phi) is 9.64. The van der Waals surface area contributed by atoms with Gasteiger partial charge in [0.25, 0.3) is 0 Å². The third-order valence-electron chi connectivity index (χ3n) is 7.86. The quantitative estimate of drug-likeness (QED) is 0.307. The van der Waals surface area contributed by atoms with Crippen LogP contribution in [0.4, 0.5) is 0 Å². The van der Waals surface area contributed by atoms with E-state index in [9.17, 15) is 9.90 Å². The van der Waals surface area contributed by atoms with Crippen LogP contribution in [0.25, 0.3) is 11.1 Å². The van der Waals surface area contributed by atoms with E-state index < -0.39 is 0 Å². The minimum atomic E-state index is -0.180. The fourth-order valence-electron chi connectivity index (χ4n) is 5.81. The second kappa shape index (κ2) is 13.3. The fourth-order valence-corrected chi connectivity index (χ4v) is 5.81. The summed E-state index contributed by atoms with van der Waals surface area (Å²) in [6, 6.07) is 14.3. The summed E-state index contributed by atoms with van der Waals surface area (Å²) in [4.78, 5) is 14.1. The third-order valence-corrected chi connectivity index (χ3v) is 7.86. The molecule has 0 heterocycles. The molecular weight excluding hydrogens is 472 g/mol. The summed E-state index contributed by atoms with van der Waals surface area (Å²) in [6.45, 7) is 6.25. The molecule has 0 aliphatic heterocycles. The van der Waals surface area contributed by atoms with Gasteiger partial charge in [-0.05, 0) is 91.5 Å². The van der Waals surface area contributed by atoms with Gasteiger partial charge in [0.2, 0.25) is 0 Å². The van der Waals surface area contributed by atoms with E-state index in [4.69, 9.17) is 9.47 Å². The molecule has 0 bridgehead atoms. The zero-order chi connectivity index (χ0) is 26.9. The van der Waals surface area contributed by atoms with Crippen LogP contribution < -0.4 is 9.47 Å². The Hall–Kier alpha value is -3.53. The molecule has 1 N–H and O–H groups in total. The summed E-state index contributed by atoms with van der Waals surface area (Å²) in [6.07, 6.45) is 14.8. The summed E-state index contributed by atoms with van der Waals surface area (Å²) in [7, 11) is 1.67. The maximum atomic E-state index is 14.1. The fraction of sp³-hybridized carbons (Fsp3) is 0.382. The molecule has 2 aromatic rings. The summed E-state index contributed by atoms with van der Waals surface area (Å²) >= 11 is 0. The predicted molar refractivity (Wildman–Crippen MR) is 155 cm³/mol. The van der Waals surface area contributed by atoms with Gasteiger partial charge < -0.3 is 14.6 Å². The van der Waals surface area contributed by atoms with Gasteiger partial charge in [0.1, 0.15) is 17.3 Å². The molecule has 200 valence electrons. The Morgan fingerprint density at radius 1 is 1.05 bits per heavy atom. The molecule has 4 heteroatoms. The average Bonchev–Trinajstić information content (AvgIpc) is 3.32. The first kappa shape index (κ1) is 27.5. The molecule has 0 spiro atoms. The van der Waals surface area contributed by atoms with Crippen molar-refractivity contribution in [1.29, 1.82) is 0 Å². The van der Waals surface area contributed by atoms with E-state index in [2.05, 4.69) is 30.8 Å². The molecule has 4 rings (SSSR count). The molecule has 38 heavy (non-hydrogen) atoms. The molecule has 2 aromatic carbocycles. The van der Waals surface area contributed by atoms with E-state index in [1.165, 1.54) is 6.42 Å². The van der Waals surface area contributed by atoms with E-state index in [1.54, 1.807) is 13.2 Å². The van der Waals surface area contributed by atoms with Crippen LogP contribution in [-0.4, -0.2) is 24.6 Å². The van der Waals surface area contributed by atoms with Gasteiger partial charge in [-0.3, -0.25) is 4.79 Å². The van der Waals surface area contributed by atoms with Crippen LogP contribution in [0.3, 0.4) is 0 Å². The number of aliphatic hydroxyl groups is 1. The minimum absolute atomic E-state index is 0.0998. The summed E-state index contributed by atoms with van der Waals surface area (Å²) < 4.78 is 11.4. The first-order valence-electron chi connectivity index (χ1n) is 13.9. The van der Waals surface area contributed by atoms with Gasteiger partial charge in [0, 0.05) is 11.5 Å². The van der Waals surface area contributed by atoms with E-state index in [1.807, 2.05) is 43.4 Å². The zero-order valence-electron chi connectivity index (χ0n) is 22.7. The molecule has 0 amide bonds. The van der Waals surface area contributed by atoms with Crippen LogP contribution in [0, 0.1) is 11.8 Å². The van der Waals surface area contributed by atoms with Crippen molar-refractivity contribution in [2.24, 2.45) is 11.8 Å². The SMILES string of the molecule is C=C/C=C\C=C1/CCC(C(=O)C(Cc2cc(-c3ccc(OC)cc3)ccc2OCC)C2CCCCC2)=C1O. The van der Waals surface area contributed by atoms with Crippen molar-refractivity contribution < 1.29 is 19.4 Å². The topological polar surface area (TPSA) is 55.8 Å². The number of hydrogen-bond acceptors (Lipinski definition) is 4. The molecule has 0 radical (unpaired) electrons. The second-order valence-electron chi connectivity index (χ2n) is 10.2. The highest BCUT2D eigenvalue weighted by atomic mass is 16.5. The molecular formula is C34H40O4. The molecule has 0 aromatic heterocycles. The summed E-state index contributed by atoms with van der Waals surface area (Å²) in [5.74, 6) is 2.05. The van der Waals surface area contributed by atoms with E-state index in [0.29, 0.717) is 37.4 Å². The number of Topliss-reactive ketones (excluding diaryl/α,β-unsaturated/α-hetero) is 1. The number of carbonyl (C=O) groups is 1. The largest absolute Gasteiger partial charge is 0.507 e. The number of methoxy groups -OCH3 is 1. The monoisotopic (exact) mass is 512 g/mol. The van der Waals surface area contributed by atoms with Crippen LogP contribution in [0.5, 0.6) is 11.5 Å². The van der Waals surface area contributed by atoms with Crippen LogP contribution in [0.1, 0.15) is 57.4 Å². The normalized spacial score (nSPS) is 18.2. The first-order valence-corrected chi connectivity index (χ1v) is 13.9. The van der Waals surface area contributed by atoms with Gasteiger partial charge >= 0.3 is 0 Å². The van der Waals surface area contributed by atoms with Crippen molar-refractivity contribution in [3.63, 3.8) is 0 Å². The maximum absolute atomic E-state index is 14.1. The highest BCUT2D eigenvalue weighted by Crippen LogP contribution is 2.40. The Balaban J connectivity index is 1.69. The molecule has 2 aliphatic carbocycles. The zero-order valence-corrected chi connectivity index (χ0v) is 22.7. The van der Waals surface area contributed by atoms with Gasteiger partial charge in [0.15, 0.2) is 5.78 Å². The van der Waals surface area contributed by atoms with Crippen molar-refractivity contribution in [1.82, 2.24) is 0 Å². The molecule has 1 unspecified atom stereocenters. The van der Waals surface area contributed by atoms with Crippen LogP contribution >= 0.6 is 0 Å². The van der Waals surface area contributed by atoms with Crippen molar-refractivity contribution in [3.05, 3.63) is 95.8 Å². The van der Waals surface area contributed by atoms with E-state index in [0.717, 1.165) is 59.4 Å². The van der Waals surface area contributed by atoms with Gasteiger partial charge in [0.05, 0.1) is 13.7 Å². The Morgan fingerprint density at radius 3 is 2.47 bits per heavy atom. The van der Waals surface area contributed by atoms with Gasteiger partial charge in [-0.25, -0.2) is 0 Å². The molecule has 2 aliphatic rings. The third kappa shape index (κ3) is 6.48. The lowest BCUT2D eigenvalue weighted by Gasteiger charge is -2.30. The van der Waals surface area contributed by atoms with Gasteiger partial charge in [-0.15, -0.1) is 0 Å². The number of allylic oxidation sites excluding steroid dienone is 6. The average molecular weight is 513 g/mol. The smallest absolute Gasteiger partial charge is 0.166 e. The predicted octanol–water partition coefficient (Wildman–Crippen LogP) is 8.34. The van der Waals surface area contributed by atoms with Crippen molar-refractivity contribution in [2.75, 3.05) is 13.7 Å². The Labute approximate surface area is 227 Å². The van der Waals surface area contributed by atoms with Crippen LogP contribution in [0.15, 0.2) is 90.3 Å². The van der Waals surface area contributed by atoms with Crippen molar-refractivity contribution >= 4 is 5.78 Å². The molecule has 4 nitrogen and oxygen atoms in total. The summed E-state index contributed by atoms with van der Waals surface area (Å²) in [5, 5.41) is 11.0. The molecule has 1 fully saturated rings. The van der Waals surface area contributed by atoms with Crippen LogP contribution in [-0.2, 0) is 11.2 Å². The lowest BCUT2D eigenvalue weighted by atomic mass is 9.73. The number of carbonyl (C=O) groups excluding carboxylic acids is 1. The minimum Gasteiger partial charge on any atom is -0.507 e. The molecule has 1 saturated carbocycles. The van der Waals surface area contributed by atoms with Crippen molar-refractivity contribution in [2.45, 2.75) is 58.3 Å². The van der Waals surface area contributed by atoms with Gasteiger partial charge in [-0.2, -0.15) is 0 Å². The molecule has 1 atom stereocenters. The van der Waals surface area contributed by atoms with E-state index >= 15 is 0 Å². The highest BCUT2D eigenvalue weighted by Gasteiger charge is 2.35. The van der Waals surface area contributed by atoms with Crippen molar-refractivity contribution in [3.8, 4) is 22.6 Å². The van der Waals surface area contributed by atoms with E-state index in [-0.39, 0.29) is 17.5 Å². The van der Waals surface area contributed by atoms with Crippen LogP contribution in [0.2, 0.25) is 0 Å². The Morgan fingerprint density at radius 2 is 1.79 bits per heavy atom. The number of hydrogen-bond donors (Lipinski definition) is 1. The lowest BCUT2D eigenvalue weighted by Crippen LogP contribution is -2.29. The number of ketones is 1. The standard InChI is InChI=1S/C34H40O4/c1-4-6-8-13-26-16-20-30(33(26)35)34(36)31(25-11-9-7-10-12-25)23-28-22-27(17-21-32(28)38-5-2)24-14-18-29(37-3)19-15-24/h4,6,8,13-15,17-19,21-22,25,31,35H,1,5,7,9-12,16,20,23H2,2-3H3/b8-6-,26-13+. The highest BCUT2D eigenvalue weighted by molar-refractivity contribution is 5.99.